The van der Waals surface area contributed by atoms with Crippen LogP contribution in [0.15, 0.2) is 0 Å². The van der Waals surface area contributed by atoms with Crippen LogP contribution in [0.4, 0.5) is 0 Å². The van der Waals surface area contributed by atoms with Crippen molar-refractivity contribution in [3.05, 3.63) is 0 Å². The summed E-state index contributed by atoms with van der Waals surface area (Å²) in [5, 5.41) is 2.99. The van der Waals surface area contributed by atoms with Crippen LogP contribution in [0.3, 0.4) is 0 Å². The van der Waals surface area contributed by atoms with Gasteiger partial charge in [0.25, 0.3) is 0 Å². The van der Waals surface area contributed by atoms with E-state index >= 15 is 0 Å². The SMILES string of the molecule is CC(N)C(=O)N[C@@H](C)C1CCCCC1. The van der Waals surface area contributed by atoms with Gasteiger partial charge in [0.15, 0.2) is 0 Å². The van der Waals surface area contributed by atoms with E-state index in [1.807, 2.05) is 0 Å². The lowest BCUT2D eigenvalue weighted by atomic mass is 9.84. The second-order valence-electron chi connectivity index (χ2n) is 4.48. The van der Waals surface area contributed by atoms with E-state index in [1.54, 1.807) is 6.92 Å². The van der Waals surface area contributed by atoms with Gasteiger partial charge < -0.3 is 11.1 Å². The highest BCUT2D eigenvalue weighted by Crippen LogP contribution is 2.26. The molecule has 14 heavy (non-hydrogen) atoms. The monoisotopic (exact) mass is 198 g/mol. The van der Waals surface area contributed by atoms with Gasteiger partial charge in [-0.25, -0.2) is 0 Å². The maximum atomic E-state index is 11.4. The Hall–Kier alpha value is -0.570. The first-order chi connectivity index (χ1) is 6.61. The van der Waals surface area contributed by atoms with Crippen molar-refractivity contribution in [2.75, 3.05) is 0 Å². The second-order valence-corrected chi connectivity index (χ2v) is 4.48. The van der Waals surface area contributed by atoms with Crippen molar-refractivity contribution in [3.8, 4) is 0 Å². The first-order valence-electron chi connectivity index (χ1n) is 5.67. The molecule has 3 N–H and O–H groups in total. The highest BCUT2D eigenvalue weighted by molar-refractivity contribution is 5.81. The van der Waals surface area contributed by atoms with Crippen LogP contribution in [-0.2, 0) is 4.79 Å². The van der Waals surface area contributed by atoms with E-state index in [-0.39, 0.29) is 18.0 Å². The number of nitrogens with one attached hydrogen (secondary N) is 1. The topological polar surface area (TPSA) is 55.1 Å². The molecule has 1 fully saturated rings. The van der Waals surface area contributed by atoms with Crippen molar-refractivity contribution in [2.24, 2.45) is 11.7 Å². The summed E-state index contributed by atoms with van der Waals surface area (Å²) in [5.74, 6) is 0.634. The molecule has 1 aliphatic carbocycles. The summed E-state index contributed by atoms with van der Waals surface area (Å²) in [5.41, 5.74) is 5.50. The van der Waals surface area contributed by atoms with E-state index in [2.05, 4.69) is 12.2 Å². The fourth-order valence-electron chi connectivity index (χ4n) is 2.11. The Labute approximate surface area is 86.4 Å². The Morgan fingerprint density at radius 2 is 1.86 bits per heavy atom. The molecule has 82 valence electrons. The molecule has 1 unspecified atom stereocenters. The Kier molecular flexibility index (Phi) is 4.39. The zero-order chi connectivity index (χ0) is 10.6. The predicted molar refractivity (Wildman–Crippen MR) is 57.8 cm³/mol. The normalized spacial score (nSPS) is 22.8. The second kappa shape index (κ2) is 5.35. The fourth-order valence-corrected chi connectivity index (χ4v) is 2.11. The van der Waals surface area contributed by atoms with Gasteiger partial charge in [-0.15, -0.1) is 0 Å². The third kappa shape index (κ3) is 3.29. The van der Waals surface area contributed by atoms with E-state index in [9.17, 15) is 4.79 Å². The number of hydrogen-bond acceptors (Lipinski definition) is 2. The molecule has 0 saturated heterocycles. The van der Waals surface area contributed by atoms with E-state index in [0.717, 1.165) is 0 Å². The van der Waals surface area contributed by atoms with Crippen molar-refractivity contribution in [1.29, 1.82) is 0 Å². The lowest BCUT2D eigenvalue weighted by Crippen LogP contribution is -2.45. The molecule has 1 saturated carbocycles. The number of hydrogen-bond donors (Lipinski definition) is 2. The first kappa shape index (κ1) is 11.5. The number of carbonyl (C=O) groups is 1. The molecule has 0 heterocycles. The van der Waals surface area contributed by atoms with Crippen molar-refractivity contribution in [1.82, 2.24) is 5.32 Å². The van der Waals surface area contributed by atoms with Crippen molar-refractivity contribution < 1.29 is 4.79 Å². The van der Waals surface area contributed by atoms with Gasteiger partial charge in [0, 0.05) is 6.04 Å². The minimum absolute atomic E-state index is 0.0249. The van der Waals surface area contributed by atoms with E-state index in [4.69, 9.17) is 5.73 Å². The summed E-state index contributed by atoms with van der Waals surface area (Å²) in [6.45, 7) is 3.82. The van der Waals surface area contributed by atoms with Gasteiger partial charge in [0.2, 0.25) is 5.91 Å². The average Bonchev–Trinajstić information content (AvgIpc) is 2.19. The van der Waals surface area contributed by atoms with Crippen LogP contribution in [0.25, 0.3) is 0 Å². The Morgan fingerprint density at radius 3 is 2.36 bits per heavy atom. The Balaban J connectivity index is 2.32. The van der Waals surface area contributed by atoms with Gasteiger partial charge in [0.1, 0.15) is 0 Å². The van der Waals surface area contributed by atoms with Crippen LogP contribution in [0.5, 0.6) is 0 Å². The van der Waals surface area contributed by atoms with Crippen molar-refractivity contribution in [3.63, 3.8) is 0 Å². The molecule has 0 aromatic rings. The molecule has 0 aromatic heterocycles. The van der Waals surface area contributed by atoms with Crippen LogP contribution < -0.4 is 11.1 Å². The quantitative estimate of drug-likeness (QED) is 0.720. The number of amides is 1. The highest BCUT2D eigenvalue weighted by atomic mass is 16.2. The van der Waals surface area contributed by atoms with Gasteiger partial charge in [0.05, 0.1) is 6.04 Å². The molecule has 0 bridgehead atoms. The van der Waals surface area contributed by atoms with Gasteiger partial charge in [-0.1, -0.05) is 19.3 Å². The fraction of sp³-hybridized carbons (Fsp3) is 0.909. The first-order valence-corrected chi connectivity index (χ1v) is 5.67. The minimum atomic E-state index is -0.388. The highest BCUT2D eigenvalue weighted by Gasteiger charge is 2.22. The molecule has 1 rings (SSSR count). The van der Waals surface area contributed by atoms with Crippen LogP contribution in [-0.4, -0.2) is 18.0 Å². The summed E-state index contributed by atoms with van der Waals surface area (Å²) in [6.07, 6.45) is 6.47. The number of carbonyl (C=O) groups excluding carboxylic acids is 1. The lowest BCUT2D eigenvalue weighted by molar-refractivity contribution is -0.123. The van der Waals surface area contributed by atoms with Crippen molar-refractivity contribution in [2.45, 2.75) is 58.0 Å². The zero-order valence-corrected chi connectivity index (χ0v) is 9.25. The molecular formula is C11H22N2O. The molecule has 3 heteroatoms. The number of rotatable bonds is 3. The van der Waals surface area contributed by atoms with Crippen LogP contribution >= 0.6 is 0 Å². The molecule has 0 aromatic carbocycles. The minimum Gasteiger partial charge on any atom is -0.352 e. The maximum absolute atomic E-state index is 11.4. The molecule has 0 aliphatic heterocycles. The summed E-state index contributed by atoms with van der Waals surface area (Å²) < 4.78 is 0. The summed E-state index contributed by atoms with van der Waals surface area (Å²) in [4.78, 5) is 11.4. The third-order valence-corrected chi connectivity index (χ3v) is 3.14. The van der Waals surface area contributed by atoms with E-state index < -0.39 is 0 Å². The van der Waals surface area contributed by atoms with Gasteiger partial charge in [-0.05, 0) is 32.6 Å². The molecule has 0 spiro atoms. The maximum Gasteiger partial charge on any atom is 0.236 e. The Morgan fingerprint density at radius 1 is 1.29 bits per heavy atom. The molecule has 1 aliphatic rings. The predicted octanol–water partition coefficient (Wildman–Crippen LogP) is 1.42. The van der Waals surface area contributed by atoms with Gasteiger partial charge >= 0.3 is 0 Å². The van der Waals surface area contributed by atoms with Gasteiger partial charge in [-0.2, -0.15) is 0 Å². The summed E-state index contributed by atoms with van der Waals surface area (Å²) in [7, 11) is 0. The van der Waals surface area contributed by atoms with Crippen LogP contribution in [0.1, 0.15) is 46.0 Å². The molecule has 0 radical (unpaired) electrons. The van der Waals surface area contributed by atoms with Crippen molar-refractivity contribution >= 4 is 5.91 Å². The largest absolute Gasteiger partial charge is 0.352 e. The summed E-state index contributed by atoms with van der Waals surface area (Å²) in [6, 6.07) is -0.102. The molecule has 3 nitrogen and oxygen atoms in total. The van der Waals surface area contributed by atoms with E-state index in [1.165, 1.54) is 32.1 Å². The Bertz CT molecular complexity index is 186. The standard InChI is InChI=1S/C11H22N2O/c1-8(12)11(14)13-9(2)10-6-4-3-5-7-10/h8-10H,3-7,12H2,1-2H3,(H,13,14)/t8?,9-/m0/s1. The zero-order valence-electron chi connectivity index (χ0n) is 9.25. The van der Waals surface area contributed by atoms with E-state index in [0.29, 0.717) is 5.92 Å². The summed E-state index contributed by atoms with van der Waals surface area (Å²) >= 11 is 0. The van der Waals surface area contributed by atoms with Crippen LogP contribution in [0, 0.1) is 5.92 Å². The third-order valence-electron chi connectivity index (χ3n) is 3.14. The number of nitrogens with two attached hydrogens (primary N) is 1. The molecular weight excluding hydrogens is 176 g/mol. The lowest BCUT2D eigenvalue weighted by Gasteiger charge is -2.28. The molecule has 2 atom stereocenters. The van der Waals surface area contributed by atoms with Gasteiger partial charge in [-0.3, -0.25) is 4.79 Å². The smallest absolute Gasteiger partial charge is 0.236 e. The average molecular weight is 198 g/mol. The molecule has 1 amide bonds. The van der Waals surface area contributed by atoms with Crippen LogP contribution in [0.2, 0.25) is 0 Å².